The third kappa shape index (κ3) is 4.02. The van der Waals surface area contributed by atoms with Crippen LogP contribution in [0.25, 0.3) is 10.8 Å². The third-order valence-corrected chi connectivity index (χ3v) is 6.20. The van der Waals surface area contributed by atoms with Crippen molar-refractivity contribution in [3.05, 3.63) is 72.3 Å². The summed E-state index contributed by atoms with van der Waals surface area (Å²) in [6.45, 7) is 0.858. The SMILES string of the molecule is CN(C(=O)c1ccccc1SCC1CCCO1)c1ccc2ccccc2c1. The summed E-state index contributed by atoms with van der Waals surface area (Å²) in [5.41, 5.74) is 1.65. The number of ether oxygens (including phenoxy) is 1. The van der Waals surface area contributed by atoms with Gasteiger partial charge in [-0.05, 0) is 47.9 Å². The van der Waals surface area contributed by atoms with E-state index in [2.05, 4.69) is 24.3 Å². The molecule has 1 aliphatic heterocycles. The van der Waals surface area contributed by atoms with Gasteiger partial charge < -0.3 is 9.64 Å². The first-order chi connectivity index (χ1) is 13.2. The van der Waals surface area contributed by atoms with E-state index in [1.54, 1.807) is 16.7 Å². The van der Waals surface area contributed by atoms with Gasteiger partial charge >= 0.3 is 0 Å². The van der Waals surface area contributed by atoms with Crippen molar-refractivity contribution >= 4 is 34.1 Å². The van der Waals surface area contributed by atoms with Gasteiger partial charge in [0.2, 0.25) is 0 Å². The van der Waals surface area contributed by atoms with Crippen molar-refractivity contribution < 1.29 is 9.53 Å². The number of rotatable bonds is 5. The summed E-state index contributed by atoms with van der Waals surface area (Å²) in [6, 6.07) is 22.2. The third-order valence-electron chi connectivity index (χ3n) is 4.99. The first-order valence-corrected chi connectivity index (χ1v) is 10.3. The van der Waals surface area contributed by atoms with Crippen LogP contribution in [0.3, 0.4) is 0 Å². The van der Waals surface area contributed by atoms with E-state index in [0.29, 0.717) is 6.10 Å². The molecule has 1 atom stereocenters. The van der Waals surface area contributed by atoms with Crippen LogP contribution in [0.2, 0.25) is 0 Å². The molecule has 1 aliphatic rings. The maximum absolute atomic E-state index is 13.2. The lowest BCUT2D eigenvalue weighted by Gasteiger charge is -2.20. The van der Waals surface area contributed by atoms with Crippen LogP contribution in [0.1, 0.15) is 23.2 Å². The molecular formula is C23H23NO2S. The second-order valence-electron chi connectivity index (χ2n) is 6.84. The summed E-state index contributed by atoms with van der Waals surface area (Å²) >= 11 is 1.72. The van der Waals surface area contributed by atoms with Crippen molar-refractivity contribution in [1.82, 2.24) is 0 Å². The fourth-order valence-corrected chi connectivity index (χ4v) is 4.52. The first-order valence-electron chi connectivity index (χ1n) is 9.32. The summed E-state index contributed by atoms with van der Waals surface area (Å²) in [5, 5.41) is 2.31. The molecule has 4 heteroatoms. The number of thioether (sulfide) groups is 1. The van der Waals surface area contributed by atoms with Crippen molar-refractivity contribution in [2.24, 2.45) is 0 Å². The molecule has 0 radical (unpaired) electrons. The molecular weight excluding hydrogens is 354 g/mol. The van der Waals surface area contributed by atoms with E-state index in [4.69, 9.17) is 4.74 Å². The number of anilines is 1. The van der Waals surface area contributed by atoms with Crippen LogP contribution in [0.5, 0.6) is 0 Å². The van der Waals surface area contributed by atoms with Gasteiger partial charge in [0.15, 0.2) is 0 Å². The van der Waals surface area contributed by atoms with Crippen molar-refractivity contribution in [1.29, 1.82) is 0 Å². The fraction of sp³-hybridized carbons (Fsp3) is 0.261. The van der Waals surface area contributed by atoms with Crippen molar-refractivity contribution in [3.8, 4) is 0 Å². The lowest BCUT2D eigenvalue weighted by Crippen LogP contribution is -2.26. The topological polar surface area (TPSA) is 29.5 Å². The standard InChI is InChI=1S/C23H23NO2S/c1-24(19-13-12-17-7-2-3-8-18(17)15-19)23(25)21-10-4-5-11-22(21)27-16-20-9-6-14-26-20/h2-5,7-8,10-13,15,20H,6,9,14,16H2,1H3. The molecule has 138 valence electrons. The number of fused-ring (bicyclic) bond motifs is 1. The molecule has 1 amide bonds. The molecule has 3 aromatic carbocycles. The molecule has 0 saturated carbocycles. The Labute approximate surface area is 164 Å². The minimum atomic E-state index is 0.0146. The highest BCUT2D eigenvalue weighted by atomic mass is 32.2. The normalized spacial score (nSPS) is 16.6. The summed E-state index contributed by atoms with van der Waals surface area (Å²) in [7, 11) is 1.84. The molecule has 27 heavy (non-hydrogen) atoms. The summed E-state index contributed by atoms with van der Waals surface area (Å²) in [4.78, 5) is 15.9. The molecule has 0 aromatic heterocycles. The van der Waals surface area contributed by atoms with Crippen LogP contribution in [-0.4, -0.2) is 31.4 Å². The van der Waals surface area contributed by atoms with Gasteiger partial charge in [-0.25, -0.2) is 0 Å². The highest BCUT2D eigenvalue weighted by Crippen LogP contribution is 2.29. The average Bonchev–Trinajstić information content (AvgIpc) is 3.24. The van der Waals surface area contributed by atoms with E-state index in [0.717, 1.165) is 46.7 Å². The Morgan fingerprint density at radius 3 is 2.67 bits per heavy atom. The highest BCUT2D eigenvalue weighted by molar-refractivity contribution is 7.99. The molecule has 0 aliphatic carbocycles. The molecule has 4 rings (SSSR count). The van der Waals surface area contributed by atoms with Crippen LogP contribution in [-0.2, 0) is 4.74 Å². The highest BCUT2D eigenvalue weighted by Gasteiger charge is 2.20. The largest absolute Gasteiger partial charge is 0.377 e. The fourth-order valence-electron chi connectivity index (χ4n) is 3.41. The number of benzene rings is 3. The Morgan fingerprint density at radius 2 is 1.85 bits per heavy atom. The van der Waals surface area contributed by atoms with Gasteiger partial charge in [0, 0.05) is 30.0 Å². The summed E-state index contributed by atoms with van der Waals surface area (Å²) in [6.07, 6.45) is 2.55. The van der Waals surface area contributed by atoms with Gasteiger partial charge in [-0.1, -0.05) is 42.5 Å². The Morgan fingerprint density at radius 1 is 1.07 bits per heavy atom. The number of nitrogens with zero attached hydrogens (tertiary/aromatic N) is 1. The molecule has 1 fully saturated rings. The molecule has 0 spiro atoms. The number of carbonyl (C=O) groups is 1. The van der Waals surface area contributed by atoms with E-state index in [1.165, 1.54) is 5.39 Å². The summed E-state index contributed by atoms with van der Waals surface area (Å²) in [5.74, 6) is 0.907. The predicted molar refractivity (Wildman–Crippen MR) is 113 cm³/mol. The molecule has 0 bridgehead atoms. The molecule has 3 aromatic rings. The second kappa shape index (κ2) is 8.15. The second-order valence-corrected chi connectivity index (χ2v) is 7.90. The van der Waals surface area contributed by atoms with E-state index >= 15 is 0 Å². The molecule has 1 unspecified atom stereocenters. The molecule has 3 nitrogen and oxygen atoms in total. The maximum Gasteiger partial charge on any atom is 0.259 e. The Bertz CT molecular complexity index is 950. The number of hydrogen-bond acceptors (Lipinski definition) is 3. The van der Waals surface area contributed by atoms with Crippen LogP contribution in [0.4, 0.5) is 5.69 Å². The van der Waals surface area contributed by atoms with E-state index in [9.17, 15) is 4.79 Å². The lowest BCUT2D eigenvalue weighted by atomic mass is 10.1. The van der Waals surface area contributed by atoms with E-state index in [-0.39, 0.29) is 5.91 Å². The number of hydrogen-bond donors (Lipinski definition) is 0. The van der Waals surface area contributed by atoms with Crippen molar-refractivity contribution in [3.63, 3.8) is 0 Å². The Balaban J connectivity index is 1.55. The van der Waals surface area contributed by atoms with Gasteiger partial charge in [-0.3, -0.25) is 4.79 Å². The molecule has 1 saturated heterocycles. The Kier molecular flexibility index (Phi) is 5.46. The maximum atomic E-state index is 13.2. The average molecular weight is 378 g/mol. The van der Waals surface area contributed by atoms with Gasteiger partial charge in [-0.2, -0.15) is 0 Å². The van der Waals surface area contributed by atoms with Crippen molar-refractivity contribution in [2.75, 3.05) is 24.3 Å². The van der Waals surface area contributed by atoms with Gasteiger partial charge in [0.25, 0.3) is 5.91 Å². The first kappa shape index (κ1) is 18.1. The quantitative estimate of drug-likeness (QED) is 0.559. The minimum absolute atomic E-state index is 0.0146. The lowest BCUT2D eigenvalue weighted by molar-refractivity contribution is 0.0990. The van der Waals surface area contributed by atoms with Crippen LogP contribution >= 0.6 is 11.8 Å². The molecule has 1 heterocycles. The van der Waals surface area contributed by atoms with Crippen LogP contribution in [0.15, 0.2) is 71.6 Å². The van der Waals surface area contributed by atoms with Gasteiger partial charge in [0.1, 0.15) is 0 Å². The zero-order valence-corrected chi connectivity index (χ0v) is 16.2. The predicted octanol–water partition coefficient (Wildman–Crippen LogP) is 5.39. The zero-order chi connectivity index (χ0) is 18.6. The summed E-state index contributed by atoms with van der Waals surface area (Å²) < 4.78 is 5.72. The van der Waals surface area contributed by atoms with Gasteiger partial charge in [-0.15, -0.1) is 11.8 Å². The monoisotopic (exact) mass is 377 g/mol. The van der Waals surface area contributed by atoms with Crippen molar-refractivity contribution in [2.45, 2.75) is 23.8 Å². The zero-order valence-electron chi connectivity index (χ0n) is 15.4. The number of amides is 1. The Hall–Kier alpha value is -2.30. The van der Waals surface area contributed by atoms with Crippen LogP contribution in [0, 0.1) is 0 Å². The number of carbonyl (C=O) groups excluding carboxylic acids is 1. The van der Waals surface area contributed by atoms with E-state index in [1.807, 2.05) is 49.5 Å². The van der Waals surface area contributed by atoms with Crippen LogP contribution < -0.4 is 4.90 Å². The molecule has 0 N–H and O–H groups in total. The minimum Gasteiger partial charge on any atom is -0.377 e. The smallest absolute Gasteiger partial charge is 0.259 e. The van der Waals surface area contributed by atoms with Gasteiger partial charge in [0.05, 0.1) is 11.7 Å². The van der Waals surface area contributed by atoms with E-state index < -0.39 is 0 Å².